The van der Waals surface area contributed by atoms with Gasteiger partial charge >= 0.3 is 0 Å². The molecule has 0 unspecified atom stereocenters. The van der Waals surface area contributed by atoms with Gasteiger partial charge in [-0.2, -0.15) is 0 Å². The van der Waals surface area contributed by atoms with E-state index < -0.39 is 10.0 Å². The summed E-state index contributed by atoms with van der Waals surface area (Å²) in [6, 6.07) is 7.08. The first-order valence-electron chi connectivity index (χ1n) is 3.82. The van der Waals surface area contributed by atoms with E-state index in [2.05, 4.69) is 9.97 Å². The summed E-state index contributed by atoms with van der Waals surface area (Å²) in [4.78, 5) is 7.48. The maximum Gasteiger partial charge on any atom is 0.273 e. The lowest BCUT2D eigenvalue weighted by Gasteiger charge is -1.98. The van der Waals surface area contributed by atoms with E-state index in [1.54, 1.807) is 18.2 Å². The Balaban J connectivity index is 2.75. The van der Waals surface area contributed by atoms with Gasteiger partial charge in [0.25, 0.3) is 15.2 Å². The third kappa shape index (κ3) is 1.57. The summed E-state index contributed by atoms with van der Waals surface area (Å²) in [7, 11) is -3.82. The first-order valence-corrected chi connectivity index (χ1v) is 5.36. The van der Waals surface area contributed by atoms with Gasteiger partial charge in [-0.05, 0) is 6.07 Å². The fourth-order valence-electron chi connectivity index (χ4n) is 1.09. The van der Waals surface area contributed by atoms with Crippen LogP contribution < -0.4 is 5.14 Å². The third-order valence-corrected chi connectivity index (χ3v) is 2.43. The zero-order valence-electron chi connectivity index (χ0n) is 7.08. The molecule has 2 rings (SSSR count). The molecule has 0 saturated carbocycles. The summed E-state index contributed by atoms with van der Waals surface area (Å²) in [5, 5.41) is 5.32. The van der Waals surface area contributed by atoms with Gasteiger partial charge < -0.3 is 0 Å². The van der Waals surface area contributed by atoms with Crippen LogP contribution in [0.4, 0.5) is 0 Å². The first-order chi connectivity index (χ1) is 6.57. The van der Waals surface area contributed by atoms with Crippen LogP contribution in [0.2, 0.25) is 0 Å². The fourth-order valence-corrected chi connectivity index (χ4v) is 1.52. The number of fused-ring (bicyclic) bond motifs is 1. The zero-order chi connectivity index (χ0) is 10.2. The molecule has 1 heterocycles. The van der Waals surface area contributed by atoms with Crippen LogP contribution in [0.5, 0.6) is 0 Å². The molecule has 1 aromatic carbocycles. The molecule has 0 aliphatic carbocycles. The van der Waals surface area contributed by atoms with Crippen molar-refractivity contribution in [2.75, 3.05) is 0 Å². The second-order valence-corrected chi connectivity index (χ2v) is 4.21. The van der Waals surface area contributed by atoms with Gasteiger partial charge in [0.2, 0.25) is 0 Å². The molecular formula is C8H7N3O2S. The van der Waals surface area contributed by atoms with Gasteiger partial charge in [0.15, 0.2) is 0 Å². The number of hydrogen-bond acceptors (Lipinski definition) is 4. The lowest BCUT2D eigenvalue weighted by molar-refractivity contribution is 0.589. The van der Waals surface area contributed by atoms with Crippen molar-refractivity contribution in [1.29, 1.82) is 0 Å². The number of aromatic nitrogens is 2. The molecule has 1 aromatic heterocycles. The lowest BCUT2D eigenvalue weighted by Crippen LogP contribution is -2.15. The van der Waals surface area contributed by atoms with Crippen LogP contribution in [0, 0.1) is 0 Å². The van der Waals surface area contributed by atoms with Gasteiger partial charge in [-0.25, -0.2) is 23.5 Å². The number of sulfonamides is 1. The van der Waals surface area contributed by atoms with E-state index in [0.29, 0.717) is 5.52 Å². The van der Waals surface area contributed by atoms with Crippen molar-refractivity contribution < 1.29 is 8.42 Å². The van der Waals surface area contributed by atoms with Crippen molar-refractivity contribution in [3.8, 4) is 0 Å². The second kappa shape index (κ2) is 3.00. The second-order valence-electron chi connectivity index (χ2n) is 2.76. The molecule has 5 nitrogen and oxygen atoms in total. The van der Waals surface area contributed by atoms with Crippen molar-refractivity contribution in [2.24, 2.45) is 5.14 Å². The molecule has 0 saturated heterocycles. The minimum atomic E-state index is -3.82. The number of nitrogens with zero attached hydrogens (tertiary/aromatic N) is 2. The molecule has 6 heteroatoms. The number of para-hydroxylation sites is 1. The van der Waals surface area contributed by atoms with E-state index in [9.17, 15) is 8.42 Å². The number of benzene rings is 1. The maximum atomic E-state index is 10.9. The summed E-state index contributed by atoms with van der Waals surface area (Å²) >= 11 is 0. The van der Waals surface area contributed by atoms with Crippen molar-refractivity contribution in [3.05, 3.63) is 30.5 Å². The predicted octanol–water partition coefficient (Wildman–Crippen LogP) is 0.277. The Morgan fingerprint density at radius 2 is 1.93 bits per heavy atom. The summed E-state index contributed by atoms with van der Waals surface area (Å²) < 4.78 is 21.9. The van der Waals surface area contributed by atoms with Gasteiger partial charge in [-0.3, -0.25) is 0 Å². The van der Waals surface area contributed by atoms with E-state index in [1.165, 1.54) is 6.20 Å². The Labute approximate surface area is 80.7 Å². The van der Waals surface area contributed by atoms with Crippen LogP contribution in [0.25, 0.3) is 10.9 Å². The van der Waals surface area contributed by atoms with Crippen LogP contribution in [0.3, 0.4) is 0 Å². The molecule has 0 spiro atoms. The first kappa shape index (κ1) is 9.04. The Morgan fingerprint density at radius 3 is 2.64 bits per heavy atom. The van der Waals surface area contributed by atoms with Crippen LogP contribution in [-0.2, 0) is 10.0 Å². The highest BCUT2D eigenvalue weighted by Gasteiger charge is 2.11. The number of primary sulfonamides is 1. The van der Waals surface area contributed by atoms with Gasteiger partial charge in [0.1, 0.15) is 0 Å². The standard InChI is InChI=1S/C8H7N3O2S/c9-14(12,13)8-10-5-6-3-1-2-4-7(6)11-8/h1-5H,(H2,9,12,13). The highest BCUT2D eigenvalue weighted by Crippen LogP contribution is 2.10. The number of hydrogen-bond donors (Lipinski definition) is 1. The molecule has 0 aliphatic rings. The largest absolute Gasteiger partial charge is 0.273 e. The minimum absolute atomic E-state index is 0.351. The normalized spacial score (nSPS) is 11.8. The van der Waals surface area contributed by atoms with Crippen LogP contribution in [0.1, 0.15) is 0 Å². The molecule has 2 N–H and O–H groups in total. The SMILES string of the molecule is NS(=O)(=O)c1ncc2ccccc2n1. The molecule has 0 atom stereocenters. The molecule has 0 amide bonds. The minimum Gasteiger partial charge on any atom is -0.225 e. The Kier molecular flexibility index (Phi) is 1.94. The van der Waals surface area contributed by atoms with E-state index in [1.807, 2.05) is 6.07 Å². The number of nitrogens with two attached hydrogens (primary N) is 1. The average Bonchev–Trinajstić information content (AvgIpc) is 2.16. The van der Waals surface area contributed by atoms with E-state index >= 15 is 0 Å². The van der Waals surface area contributed by atoms with Crippen molar-refractivity contribution in [3.63, 3.8) is 0 Å². The van der Waals surface area contributed by atoms with E-state index in [0.717, 1.165) is 5.39 Å². The maximum absolute atomic E-state index is 10.9. The Hall–Kier alpha value is -1.53. The molecule has 2 aromatic rings. The van der Waals surface area contributed by atoms with Crippen LogP contribution in [-0.4, -0.2) is 18.4 Å². The zero-order valence-corrected chi connectivity index (χ0v) is 7.90. The lowest BCUT2D eigenvalue weighted by atomic mass is 10.2. The highest BCUT2D eigenvalue weighted by atomic mass is 32.2. The molecule has 72 valence electrons. The molecule has 14 heavy (non-hydrogen) atoms. The van der Waals surface area contributed by atoms with Crippen LogP contribution >= 0.6 is 0 Å². The van der Waals surface area contributed by atoms with Crippen molar-refractivity contribution in [1.82, 2.24) is 9.97 Å². The quantitative estimate of drug-likeness (QED) is 0.683. The molecule has 0 radical (unpaired) electrons. The van der Waals surface area contributed by atoms with Crippen molar-refractivity contribution >= 4 is 20.9 Å². The monoisotopic (exact) mass is 209 g/mol. The topological polar surface area (TPSA) is 85.9 Å². The van der Waals surface area contributed by atoms with Gasteiger partial charge in [0, 0.05) is 11.6 Å². The molecule has 0 fully saturated rings. The van der Waals surface area contributed by atoms with E-state index in [-0.39, 0.29) is 5.16 Å². The number of rotatable bonds is 1. The molecule has 0 bridgehead atoms. The van der Waals surface area contributed by atoms with Gasteiger partial charge in [-0.15, -0.1) is 0 Å². The summed E-state index contributed by atoms with van der Waals surface area (Å²) in [6.07, 6.45) is 1.43. The highest BCUT2D eigenvalue weighted by molar-refractivity contribution is 7.89. The Morgan fingerprint density at radius 1 is 1.21 bits per heavy atom. The summed E-state index contributed by atoms with van der Waals surface area (Å²) in [5.74, 6) is 0. The van der Waals surface area contributed by atoms with Gasteiger partial charge in [0.05, 0.1) is 5.52 Å². The summed E-state index contributed by atoms with van der Waals surface area (Å²) in [6.45, 7) is 0. The van der Waals surface area contributed by atoms with Gasteiger partial charge in [-0.1, -0.05) is 18.2 Å². The average molecular weight is 209 g/mol. The van der Waals surface area contributed by atoms with E-state index in [4.69, 9.17) is 5.14 Å². The van der Waals surface area contributed by atoms with Crippen molar-refractivity contribution in [2.45, 2.75) is 5.16 Å². The van der Waals surface area contributed by atoms with Crippen LogP contribution in [0.15, 0.2) is 35.6 Å². The smallest absolute Gasteiger partial charge is 0.225 e. The third-order valence-electron chi connectivity index (χ3n) is 1.72. The molecule has 0 aliphatic heterocycles. The predicted molar refractivity (Wildman–Crippen MR) is 50.9 cm³/mol. The fraction of sp³-hybridized carbons (Fsp3) is 0. The Bertz CT molecular complexity index is 580. The summed E-state index contributed by atoms with van der Waals surface area (Å²) in [5.41, 5.74) is 0.562. The molecular weight excluding hydrogens is 202 g/mol.